The Morgan fingerprint density at radius 3 is 2.43 bits per heavy atom. The number of hydrogen-bond acceptors (Lipinski definition) is 3. The highest BCUT2D eigenvalue weighted by atomic mass is 16.2. The Morgan fingerprint density at radius 1 is 0.929 bits per heavy atom. The number of pyridine rings is 1. The van der Waals surface area contributed by atoms with Gasteiger partial charge >= 0.3 is 0 Å². The van der Waals surface area contributed by atoms with E-state index in [9.17, 15) is 9.59 Å². The molecule has 0 aliphatic heterocycles. The predicted octanol–water partition coefficient (Wildman–Crippen LogP) is 4.26. The molecule has 3 rings (SSSR count). The molecule has 1 atom stereocenters. The van der Waals surface area contributed by atoms with Gasteiger partial charge in [0.1, 0.15) is 0 Å². The largest absolute Gasteiger partial charge is 0.351 e. The summed E-state index contributed by atoms with van der Waals surface area (Å²) in [6.07, 6.45) is 4.05. The van der Waals surface area contributed by atoms with Crippen LogP contribution in [0.4, 0.5) is 5.69 Å². The highest BCUT2D eigenvalue weighted by Gasteiger charge is 2.13. The van der Waals surface area contributed by atoms with Crippen LogP contribution in [0.15, 0.2) is 79.1 Å². The lowest BCUT2D eigenvalue weighted by atomic mass is 9.96. The molecule has 0 aliphatic carbocycles. The van der Waals surface area contributed by atoms with E-state index in [1.165, 1.54) is 11.8 Å². The molecule has 2 amide bonds. The van der Waals surface area contributed by atoms with Gasteiger partial charge in [0.2, 0.25) is 0 Å². The van der Waals surface area contributed by atoms with Gasteiger partial charge in [-0.05, 0) is 42.3 Å². The van der Waals surface area contributed by atoms with Crippen LogP contribution >= 0.6 is 0 Å². The minimum absolute atomic E-state index is 0.160. The van der Waals surface area contributed by atoms with Crippen LogP contribution in [0.1, 0.15) is 45.5 Å². The molecular weight excluding hydrogens is 350 g/mol. The molecule has 3 aromatic rings. The first-order chi connectivity index (χ1) is 13.7. The zero-order valence-corrected chi connectivity index (χ0v) is 15.8. The Bertz CT molecular complexity index is 927. The van der Waals surface area contributed by atoms with Gasteiger partial charge in [0.25, 0.3) is 11.8 Å². The van der Waals surface area contributed by atoms with E-state index in [-0.39, 0.29) is 17.7 Å². The van der Waals surface area contributed by atoms with Crippen LogP contribution in [-0.4, -0.2) is 23.3 Å². The third-order valence-corrected chi connectivity index (χ3v) is 4.58. The molecule has 142 valence electrons. The molecule has 5 heteroatoms. The van der Waals surface area contributed by atoms with E-state index in [0.717, 1.165) is 6.42 Å². The second kappa shape index (κ2) is 9.46. The zero-order valence-electron chi connectivity index (χ0n) is 15.8. The van der Waals surface area contributed by atoms with Gasteiger partial charge < -0.3 is 10.6 Å². The van der Waals surface area contributed by atoms with E-state index in [1.807, 2.05) is 18.2 Å². The van der Waals surface area contributed by atoms with Crippen molar-refractivity contribution in [3.63, 3.8) is 0 Å². The molecule has 0 unspecified atom stereocenters. The van der Waals surface area contributed by atoms with Crippen molar-refractivity contribution < 1.29 is 9.59 Å². The molecule has 2 aromatic carbocycles. The number of nitrogens with zero attached hydrogens (tertiary/aromatic N) is 1. The number of anilines is 1. The number of aromatic nitrogens is 1. The Balaban J connectivity index is 1.63. The van der Waals surface area contributed by atoms with E-state index in [2.05, 4.69) is 34.7 Å². The van der Waals surface area contributed by atoms with Gasteiger partial charge in [-0.3, -0.25) is 14.6 Å². The number of benzene rings is 2. The first-order valence-corrected chi connectivity index (χ1v) is 9.32. The summed E-state index contributed by atoms with van der Waals surface area (Å²) < 4.78 is 0. The summed E-state index contributed by atoms with van der Waals surface area (Å²) in [6.45, 7) is 2.67. The van der Waals surface area contributed by atoms with Crippen molar-refractivity contribution in [1.82, 2.24) is 10.3 Å². The molecule has 0 radical (unpaired) electrons. The average Bonchev–Trinajstić information content (AvgIpc) is 2.75. The minimum atomic E-state index is -0.263. The van der Waals surface area contributed by atoms with Gasteiger partial charge in [0, 0.05) is 36.1 Å². The lowest BCUT2D eigenvalue weighted by molar-refractivity contribution is 0.0949. The molecule has 0 fully saturated rings. The molecule has 1 aromatic heterocycles. The Morgan fingerprint density at radius 2 is 1.71 bits per heavy atom. The maximum Gasteiger partial charge on any atom is 0.257 e. The van der Waals surface area contributed by atoms with Gasteiger partial charge in [-0.15, -0.1) is 0 Å². The van der Waals surface area contributed by atoms with Crippen LogP contribution in [0.2, 0.25) is 0 Å². The fourth-order valence-electron chi connectivity index (χ4n) is 2.98. The van der Waals surface area contributed by atoms with Crippen LogP contribution in [0.5, 0.6) is 0 Å². The molecule has 0 aliphatic rings. The van der Waals surface area contributed by atoms with E-state index >= 15 is 0 Å². The smallest absolute Gasteiger partial charge is 0.257 e. The van der Waals surface area contributed by atoms with Crippen molar-refractivity contribution in [3.8, 4) is 0 Å². The van der Waals surface area contributed by atoms with Gasteiger partial charge in [0.05, 0.1) is 5.56 Å². The first kappa shape index (κ1) is 19.3. The summed E-state index contributed by atoms with van der Waals surface area (Å²) >= 11 is 0. The monoisotopic (exact) mass is 373 g/mol. The van der Waals surface area contributed by atoms with Crippen molar-refractivity contribution in [2.75, 3.05) is 11.9 Å². The number of carbonyl (C=O) groups is 2. The highest BCUT2D eigenvalue weighted by molar-refractivity contribution is 6.04. The Labute approximate surface area is 164 Å². The van der Waals surface area contributed by atoms with Crippen LogP contribution < -0.4 is 10.6 Å². The molecule has 0 saturated carbocycles. The lowest BCUT2D eigenvalue weighted by Gasteiger charge is -2.16. The summed E-state index contributed by atoms with van der Waals surface area (Å²) in [5.74, 6) is -0.161. The molecule has 1 heterocycles. The van der Waals surface area contributed by atoms with Crippen LogP contribution in [0, 0.1) is 0 Å². The summed E-state index contributed by atoms with van der Waals surface area (Å²) in [7, 11) is 0. The van der Waals surface area contributed by atoms with Gasteiger partial charge in [-0.2, -0.15) is 0 Å². The van der Waals surface area contributed by atoms with Gasteiger partial charge in [0.15, 0.2) is 0 Å². The van der Waals surface area contributed by atoms with E-state index < -0.39 is 0 Å². The summed E-state index contributed by atoms with van der Waals surface area (Å²) in [4.78, 5) is 28.8. The maximum absolute atomic E-state index is 12.6. The average molecular weight is 373 g/mol. The summed E-state index contributed by atoms with van der Waals surface area (Å²) in [5, 5.41) is 5.80. The number of amides is 2. The first-order valence-electron chi connectivity index (χ1n) is 9.32. The number of nitrogens with one attached hydrogen (secondary N) is 2. The SMILES string of the molecule is CC[C@H](CNC(=O)c1cccc(NC(=O)c2cccnc2)c1)c1ccccc1. The predicted molar refractivity (Wildman–Crippen MR) is 110 cm³/mol. The second-order valence-corrected chi connectivity index (χ2v) is 6.50. The highest BCUT2D eigenvalue weighted by Crippen LogP contribution is 2.18. The summed E-state index contributed by atoms with van der Waals surface area (Å²) in [5.41, 5.74) is 2.75. The van der Waals surface area contributed by atoms with E-state index in [1.54, 1.807) is 42.6 Å². The van der Waals surface area contributed by atoms with Crippen molar-refractivity contribution in [2.45, 2.75) is 19.3 Å². The van der Waals surface area contributed by atoms with Crippen molar-refractivity contribution in [1.29, 1.82) is 0 Å². The lowest BCUT2D eigenvalue weighted by Crippen LogP contribution is -2.28. The standard InChI is InChI=1S/C23H23N3O2/c1-2-17(18-8-4-3-5-9-18)16-25-22(27)19-10-6-12-21(14-19)26-23(28)20-11-7-13-24-15-20/h3-15,17H,2,16H2,1H3,(H,25,27)(H,26,28)/t17-/m1/s1. The summed E-state index contributed by atoms with van der Waals surface area (Å²) in [6, 6.07) is 20.5. The third kappa shape index (κ3) is 5.04. The Hall–Kier alpha value is -3.47. The van der Waals surface area contributed by atoms with E-state index in [4.69, 9.17) is 0 Å². The maximum atomic E-state index is 12.6. The van der Waals surface area contributed by atoms with Crippen LogP contribution in [-0.2, 0) is 0 Å². The molecule has 28 heavy (non-hydrogen) atoms. The zero-order chi connectivity index (χ0) is 19.8. The van der Waals surface area contributed by atoms with Crippen LogP contribution in [0.3, 0.4) is 0 Å². The van der Waals surface area contributed by atoms with Crippen molar-refractivity contribution in [2.24, 2.45) is 0 Å². The fraction of sp³-hybridized carbons (Fsp3) is 0.174. The molecule has 0 spiro atoms. The number of hydrogen-bond donors (Lipinski definition) is 2. The van der Waals surface area contributed by atoms with Gasteiger partial charge in [-0.25, -0.2) is 0 Å². The van der Waals surface area contributed by atoms with E-state index in [0.29, 0.717) is 23.4 Å². The quantitative estimate of drug-likeness (QED) is 0.650. The fourth-order valence-corrected chi connectivity index (χ4v) is 2.98. The Kier molecular flexibility index (Phi) is 6.52. The molecule has 5 nitrogen and oxygen atoms in total. The second-order valence-electron chi connectivity index (χ2n) is 6.50. The molecular formula is C23H23N3O2. The van der Waals surface area contributed by atoms with Gasteiger partial charge in [-0.1, -0.05) is 43.3 Å². The van der Waals surface area contributed by atoms with Crippen molar-refractivity contribution in [3.05, 3.63) is 95.8 Å². The number of carbonyl (C=O) groups excluding carboxylic acids is 2. The topological polar surface area (TPSA) is 71.1 Å². The third-order valence-electron chi connectivity index (χ3n) is 4.58. The molecule has 0 saturated heterocycles. The molecule has 0 bridgehead atoms. The number of rotatable bonds is 7. The minimum Gasteiger partial charge on any atom is -0.351 e. The normalized spacial score (nSPS) is 11.5. The van der Waals surface area contributed by atoms with Crippen molar-refractivity contribution >= 4 is 17.5 Å². The molecule has 2 N–H and O–H groups in total. The van der Waals surface area contributed by atoms with Crippen LogP contribution in [0.25, 0.3) is 0 Å².